The molecule has 1 aliphatic heterocycles. The van der Waals surface area contributed by atoms with Crippen LogP contribution in [-0.2, 0) is 9.31 Å². The SMILES string of the molecule is Cc1ccc(N(c2ccc(B3OC(C)(C)C(C)(C)O3)cc2)c2ccc(C(C)C)cc2)c(C)c1. The number of anilines is 3. The molecule has 0 bridgehead atoms. The number of rotatable bonds is 5. The summed E-state index contributed by atoms with van der Waals surface area (Å²) in [6, 6.07) is 24.1. The van der Waals surface area contributed by atoms with Crippen LogP contribution in [0.25, 0.3) is 0 Å². The molecule has 1 heterocycles. The van der Waals surface area contributed by atoms with E-state index in [1.807, 2.05) is 0 Å². The first-order valence-electron chi connectivity index (χ1n) is 11.9. The molecule has 0 radical (unpaired) electrons. The molecule has 1 saturated heterocycles. The number of aryl methyl sites for hydroxylation is 2. The summed E-state index contributed by atoms with van der Waals surface area (Å²) < 4.78 is 12.5. The molecule has 33 heavy (non-hydrogen) atoms. The Balaban J connectivity index is 1.72. The van der Waals surface area contributed by atoms with Crippen LogP contribution in [0.15, 0.2) is 66.7 Å². The summed E-state index contributed by atoms with van der Waals surface area (Å²) in [5.74, 6) is 0.507. The number of hydrogen-bond donors (Lipinski definition) is 0. The van der Waals surface area contributed by atoms with Gasteiger partial charge in [0, 0.05) is 17.1 Å². The number of benzene rings is 3. The van der Waals surface area contributed by atoms with Crippen molar-refractivity contribution >= 4 is 29.6 Å². The topological polar surface area (TPSA) is 21.7 Å². The molecule has 1 fully saturated rings. The smallest absolute Gasteiger partial charge is 0.399 e. The van der Waals surface area contributed by atoms with Gasteiger partial charge < -0.3 is 14.2 Å². The molecule has 3 aromatic rings. The average molecular weight is 441 g/mol. The molecule has 0 N–H and O–H groups in total. The first kappa shape index (κ1) is 23.6. The third-order valence-electron chi connectivity index (χ3n) is 7.09. The molecule has 4 heteroatoms. The normalized spacial score (nSPS) is 16.9. The lowest BCUT2D eigenvalue weighted by Crippen LogP contribution is -2.41. The molecule has 1 aliphatic rings. The summed E-state index contributed by atoms with van der Waals surface area (Å²) in [5.41, 5.74) is 7.64. The van der Waals surface area contributed by atoms with Crippen molar-refractivity contribution in [2.45, 2.75) is 72.5 Å². The van der Waals surface area contributed by atoms with E-state index < -0.39 is 0 Å². The van der Waals surface area contributed by atoms with Gasteiger partial charge in [0.25, 0.3) is 0 Å². The molecule has 172 valence electrons. The van der Waals surface area contributed by atoms with Gasteiger partial charge in [-0.1, -0.05) is 55.8 Å². The van der Waals surface area contributed by atoms with Crippen molar-refractivity contribution in [3.8, 4) is 0 Å². The summed E-state index contributed by atoms with van der Waals surface area (Å²) in [6.07, 6.45) is 0. The van der Waals surface area contributed by atoms with Gasteiger partial charge in [0.1, 0.15) is 0 Å². The Morgan fingerprint density at radius 3 is 1.73 bits per heavy atom. The predicted octanol–water partition coefficient (Wildman–Crippen LogP) is 7.20. The van der Waals surface area contributed by atoms with Gasteiger partial charge in [-0.2, -0.15) is 0 Å². The fourth-order valence-corrected chi connectivity index (χ4v) is 4.25. The Morgan fingerprint density at radius 2 is 1.24 bits per heavy atom. The standard InChI is InChI=1S/C29H36BNO2/c1-20(2)23-10-14-25(15-11-23)31(27-18-9-21(3)19-22(27)4)26-16-12-24(13-17-26)30-32-28(5,6)29(7,8)33-30/h9-20H,1-8H3. The Hall–Kier alpha value is -2.56. The molecule has 0 saturated carbocycles. The lowest BCUT2D eigenvalue weighted by atomic mass is 9.79. The lowest BCUT2D eigenvalue weighted by molar-refractivity contribution is 0.00578. The fraction of sp³-hybridized carbons (Fsp3) is 0.379. The minimum Gasteiger partial charge on any atom is -0.399 e. The molecular formula is C29H36BNO2. The van der Waals surface area contributed by atoms with Crippen molar-refractivity contribution in [2.75, 3.05) is 4.90 Å². The summed E-state index contributed by atoms with van der Waals surface area (Å²) in [5, 5.41) is 0. The fourth-order valence-electron chi connectivity index (χ4n) is 4.25. The molecule has 0 aliphatic carbocycles. The largest absolute Gasteiger partial charge is 0.494 e. The van der Waals surface area contributed by atoms with Crippen LogP contribution in [0.3, 0.4) is 0 Å². The van der Waals surface area contributed by atoms with E-state index in [9.17, 15) is 0 Å². The summed E-state index contributed by atoms with van der Waals surface area (Å²) >= 11 is 0. The van der Waals surface area contributed by atoms with Crippen molar-refractivity contribution in [2.24, 2.45) is 0 Å². The highest BCUT2D eigenvalue weighted by molar-refractivity contribution is 6.62. The first-order valence-corrected chi connectivity index (χ1v) is 11.9. The molecule has 0 aromatic heterocycles. The highest BCUT2D eigenvalue weighted by Gasteiger charge is 2.51. The van der Waals surface area contributed by atoms with Gasteiger partial charge in [-0.3, -0.25) is 0 Å². The van der Waals surface area contributed by atoms with E-state index in [0.717, 1.165) is 16.8 Å². The van der Waals surface area contributed by atoms with Crippen LogP contribution in [0, 0.1) is 13.8 Å². The van der Waals surface area contributed by atoms with E-state index >= 15 is 0 Å². The zero-order valence-corrected chi connectivity index (χ0v) is 21.3. The monoisotopic (exact) mass is 441 g/mol. The Bertz CT molecular complexity index is 1100. The lowest BCUT2D eigenvalue weighted by Gasteiger charge is -2.32. The maximum atomic E-state index is 6.25. The van der Waals surface area contributed by atoms with Crippen LogP contribution in [0.2, 0.25) is 0 Å². The predicted molar refractivity (Wildman–Crippen MR) is 140 cm³/mol. The van der Waals surface area contributed by atoms with E-state index in [1.165, 1.54) is 22.4 Å². The molecule has 3 nitrogen and oxygen atoms in total. The zero-order chi connectivity index (χ0) is 24.0. The van der Waals surface area contributed by atoms with Gasteiger partial charge in [0.05, 0.1) is 11.2 Å². The van der Waals surface area contributed by atoms with E-state index in [1.54, 1.807) is 0 Å². The number of hydrogen-bond acceptors (Lipinski definition) is 3. The molecule has 0 spiro atoms. The van der Waals surface area contributed by atoms with Crippen molar-refractivity contribution in [1.82, 2.24) is 0 Å². The Kier molecular flexibility index (Phi) is 6.19. The molecular weight excluding hydrogens is 405 g/mol. The van der Waals surface area contributed by atoms with Crippen molar-refractivity contribution < 1.29 is 9.31 Å². The van der Waals surface area contributed by atoms with Gasteiger partial charge in [-0.25, -0.2) is 0 Å². The summed E-state index contributed by atoms with van der Waals surface area (Å²) in [4.78, 5) is 2.33. The van der Waals surface area contributed by atoms with Crippen molar-refractivity contribution in [3.63, 3.8) is 0 Å². The summed E-state index contributed by atoms with van der Waals surface area (Å²) in [6.45, 7) is 17.1. The second-order valence-electron chi connectivity index (χ2n) is 10.6. The van der Waals surface area contributed by atoms with E-state index in [0.29, 0.717) is 5.92 Å². The van der Waals surface area contributed by atoms with E-state index in [4.69, 9.17) is 9.31 Å². The second kappa shape index (κ2) is 8.66. The van der Waals surface area contributed by atoms with Crippen LogP contribution in [-0.4, -0.2) is 18.3 Å². The van der Waals surface area contributed by atoms with Crippen LogP contribution >= 0.6 is 0 Å². The molecule has 0 amide bonds. The summed E-state index contributed by atoms with van der Waals surface area (Å²) in [7, 11) is -0.357. The van der Waals surface area contributed by atoms with E-state index in [-0.39, 0.29) is 18.3 Å². The minimum atomic E-state index is -0.357. The van der Waals surface area contributed by atoms with E-state index in [2.05, 4.69) is 127 Å². The first-order chi connectivity index (χ1) is 15.5. The van der Waals surface area contributed by atoms with Crippen molar-refractivity contribution in [1.29, 1.82) is 0 Å². The quantitative estimate of drug-likeness (QED) is 0.391. The maximum absolute atomic E-state index is 6.25. The molecule has 0 atom stereocenters. The van der Waals surface area contributed by atoms with Gasteiger partial charge in [-0.05, 0) is 94.4 Å². The van der Waals surface area contributed by atoms with Crippen LogP contribution < -0.4 is 10.4 Å². The van der Waals surface area contributed by atoms with Gasteiger partial charge in [-0.15, -0.1) is 0 Å². The zero-order valence-electron chi connectivity index (χ0n) is 21.3. The highest BCUT2D eigenvalue weighted by atomic mass is 16.7. The average Bonchev–Trinajstić information content (AvgIpc) is 2.97. The Labute approximate surface area is 199 Å². The van der Waals surface area contributed by atoms with Gasteiger partial charge in [0.15, 0.2) is 0 Å². The minimum absolute atomic E-state index is 0.348. The van der Waals surface area contributed by atoms with Crippen molar-refractivity contribution in [3.05, 3.63) is 83.4 Å². The van der Waals surface area contributed by atoms with Gasteiger partial charge >= 0.3 is 7.12 Å². The maximum Gasteiger partial charge on any atom is 0.494 e. The molecule has 4 rings (SSSR count). The second-order valence-corrected chi connectivity index (χ2v) is 10.6. The van der Waals surface area contributed by atoms with Crippen LogP contribution in [0.5, 0.6) is 0 Å². The highest BCUT2D eigenvalue weighted by Crippen LogP contribution is 2.38. The van der Waals surface area contributed by atoms with Crippen LogP contribution in [0.4, 0.5) is 17.1 Å². The molecule has 0 unspecified atom stereocenters. The third-order valence-corrected chi connectivity index (χ3v) is 7.09. The molecule has 3 aromatic carbocycles. The van der Waals surface area contributed by atoms with Gasteiger partial charge in [0.2, 0.25) is 0 Å². The Morgan fingerprint density at radius 1 is 0.727 bits per heavy atom. The third kappa shape index (κ3) is 4.60. The van der Waals surface area contributed by atoms with Crippen LogP contribution in [0.1, 0.15) is 64.2 Å². The number of nitrogens with zero attached hydrogens (tertiary/aromatic N) is 1.